The Morgan fingerprint density at radius 1 is 1.39 bits per heavy atom. The molecule has 6 nitrogen and oxygen atoms in total. The molecule has 6 heteroatoms. The summed E-state index contributed by atoms with van der Waals surface area (Å²) >= 11 is 0. The quantitative estimate of drug-likeness (QED) is 0.710. The standard InChI is InChI=1S/C17H18N4O2/c1-3-9-18-15(22)11-21-13-8-6-5-7-12(13)10-14(21)17-20-19-16(4-2)23-17/h3,5-8,10H,1,4,9,11H2,2H3,(H,18,22). The second kappa shape index (κ2) is 6.48. The highest BCUT2D eigenvalue weighted by molar-refractivity contribution is 5.88. The summed E-state index contributed by atoms with van der Waals surface area (Å²) in [4.78, 5) is 12.1. The lowest BCUT2D eigenvalue weighted by atomic mass is 10.2. The van der Waals surface area contributed by atoms with Gasteiger partial charge in [0.15, 0.2) is 0 Å². The summed E-state index contributed by atoms with van der Waals surface area (Å²) in [5.74, 6) is 0.908. The number of benzene rings is 1. The van der Waals surface area contributed by atoms with E-state index in [2.05, 4.69) is 22.1 Å². The number of hydrogen-bond donors (Lipinski definition) is 1. The Bertz CT molecular complexity index is 847. The second-order valence-corrected chi connectivity index (χ2v) is 5.12. The molecular formula is C17H18N4O2. The summed E-state index contributed by atoms with van der Waals surface area (Å²) in [6.45, 7) is 6.18. The molecule has 0 saturated carbocycles. The van der Waals surface area contributed by atoms with Gasteiger partial charge in [0, 0.05) is 23.9 Å². The Kier molecular flexibility index (Phi) is 4.23. The zero-order valence-electron chi connectivity index (χ0n) is 13.0. The van der Waals surface area contributed by atoms with Crippen LogP contribution < -0.4 is 5.32 Å². The maximum absolute atomic E-state index is 12.1. The van der Waals surface area contributed by atoms with Crippen LogP contribution in [-0.2, 0) is 17.8 Å². The highest BCUT2D eigenvalue weighted by atomic mass is 16.4. The minimum absolute atomic E-state index is 0.0947. The van der Waals surface area contributed by atoms with Gasteiger partial charge in [-0.3, -0.25) is 4.79 Å². The molecule has 0 unspecified atom stereocenters. The average Bonchev–Trinajstić information content (AvgIpc) is 3.18. The first-order valence-corrected chi connectivity index (χ1v) is 7.51. The Morgan fingerprint density at radius 2 is 2.22 bits per heavy atom. The number of rotatable bonds is 6. The van der Waals surface area contributed by atoms with Crippen molar-refractivity contribution in [3.8, 4) is 11.6 Å². The number of fused-ring (bicyclic) bond motifs is 1. The van der Waals surface area contributed by atoms with Crippen LogP contribution in [0.4, 0.5) is 0 Å². The van der Waals surface area contributed by atoms with Gasteiger partial charge < -0.3 is 14.3 Å². The van der Waals surface area contributed by atoms with Gasteiger partial charge in [0.2, 0.25) is 11.8 Å². The fourth-order valence-corrected chi connectivity index (χ4v) is 2.44. The number of carbonyl (C=O) groups excluding carboxylic acids is 1. The van der Waals surface area contributed by atoms with Gasteiger partial charge in [-0.2, -0.15) is 0 Å². The minimum Gasteiger partial charge on any atom is -0.419 e. The van der Waals surface area contributed by atoms with Crippen LogP contribution in [0.5, 0.6) is 0 Å². The van der Waals surface area contributed by atoms with E-state index in [-0.39, 0.29) is 12.5 Å². The van der Waals surface area contributed by atoms with Crippen LogP contribution >= 0.6 is 0 Å². The zero-order valence-corrected chi connectivity index (χ0v) is 13.0. The first-order chi connectivity index (χ1) is 11.2. The first kappa shape index (κ1) is 15.0. The van der Waals surface area contributed by atoms with Crippen LogP contribution in [0.15, 0.2) is 47.4 Å². The number of aromatic nitrogens is 3. The van der Waals surface area contributed by atoms with Crippen LogP contribution in [-0.4, -0.2) is 27.2 Å². The summed E-state index contributed by atoms with van der Waals surface area (Å²) in [5, 5.41) is 11.9. The SMILES string of the molecule is C=CCNC(=O)Cn1c(-c2nnc(CC)o2)cc2ccccc21. The molecule has 1 N–H and O–H groups in total. The van der Waals surface area contributed by atoms with Crippen molar-refractivity contribution in [1.82, 2.24) is 20.1 Å². The van der Waals surface area contributed by atoms with Gasteiger partial charge in [0.25, 0.3) is 5.89 Å². The smallest absolute Gasteiger partial charge is 0.264 e. The predicted octanol–water partition coefficient (Wildman–Crippen LogP) is 2.56. The molecule has 0 radical (unpaired) electrons. The van der Waals surface area contributed by atoms with E-state index in [0.717, 1.165) is 16.6 Å². The molecule has 3 rings (SSSR count). The molecule has 23 heavy (non-hydrogen) atoms. The lowest BCUT2D eigenvalue weighted by molar-refractivity contribution is -0.121. The third-order valence-corrected chi connectivity index (χ3v) is 3.54. The normalized spacial score (nSPS) is 10.8. The molecule has 0 spiro atoms. The van der Waals surface area contributed by atoms with Crippen molar-refractivity contribution in [2.75, 3.05) is 6.54 Å². The van der Waals surface area contributed by atoms with E-state index >= 15 is 0 Å². The van der Waals surface area contributed by atoms with Gasteiger partial charge in [0.05, 0.1) is 0 Å². The van der Waals surface area contributed by atoms with Crippen molar-refractivity contribution in [2.24, 2.45) is 0 Å². The van der Waals surface area contributed by atoms with E-state index in [1.165, 1.54) is 0 Å². The molecule has 0 bridgehead atoms. The lowest BCUT2D eigenvalue weighted by Crippen LogP contribution is -2.27. The topological polar surface area (TPSA) is 73.0 Å². The van der Waals surface area contributed by atoms with Crippen LogP contribution in [0.2, 0.25) is 0 Å². The fourth-order valence-electron chi connectivity index (χ4n) is 2.44. The molecular weight excluding hydrogens is 292 g/mol. The van der Waals surface area contributed by atoms with Crippen molar-refractivity contribution in [1.29, 1.82) is 0 Å². The monoisotopic (exact) mass is 310 g/mol. The van der Waals surface area contributed by atoms with Crippen molar-refractivity contribution < 1.29 is 9.21 Å². The molecule has 0 atom stereocenters. The van der Waals surface area contributed by atoms with E-state index in [1.807, 2.05) is 41.8 Å². The number of nitrogens with one attached hydrogen (secondary N) is 1. The van der Waals surface area contributed by atoms with Crippen LogP contribution in [0.25, 0.3) is 22.5 Å². The molecule has 1 aromatic carbocycles. The third kappa shape index (κ3) is 3.01. The van der Waals surface area contributed by atoms with Gasteiger partial charge in [-0.25, -0.2) is 0 Å². The minimum atomic E-state index is -0.0947. The second-order valence-electron chi connectivity index (χ2n) is 5.12. The summed E-state index contributed by atoms with van der Waals surface area (Å²) < 4.78 is 7.55. The van der Waals surface area contributed by atoms with Crippen molar-refractivity contribution in [3.63, 3.8) is 0 Å². The maximum Gasteiger partial charge on any atom is 0.264 e. The molecule has 118 valence electrons. The van der Waals surface area contributed by atoms with Crippen LogP contribution in [0.3, 0.4) is 0 Å². The van der Waals surface area contributed by atoms with E-state index in [4.69, 9.17) is 4.42 Å². The zero-order chi connectivity index (χ0) is 16.2. The van der Waals surface area contributed by atoms with Gasteiger partial charge in [-0.05, 0) is 12.1 Å². The number of nitrogens with zero attached hydrogens (tertiary/aromatic N) is 3. The number of para-hydroxylation sites is 1. The van der Waals surface area contributed by atoms with E-state index in [0.29, 0.717) is 24.7 Å². The molecule has 0 aliphatic heterocycles. The first-order valence-electron chi connectivity index (χ1n) is 7.51. The number of carbonyl (C=O) groups is 1. The summed E-state index contributed by atoms with van der Waals surface area (Å²) in [5.41, 5.74) is 1.69. The molecule has 0 aliphatic carbocycles. The molecule has 1 amide bonds. The summed E-state index contributed by atoms with van der Waals surface area (Å²) in [6.07, 6.45) is 2.32. The van der Waals surface area contributed by atoms with Crippen LogP contribution in [0, 0.1) is 0 Å². The maximum atomic E-state index is 12.1. The fraction of sp³-hybridized carbons (Fsp3) is 0.235. The van der Waals surface area contributed by atoms with Crippen molar-refractivity contribution in [3.05, 3.63) is 48.9 Å². The Balaban J connectivity index is 2.04. The van der Waals surface area contributed by atoms with Crippen molar-refractivity contribution >= 4 is 16.8 Å². The Morgan fingerprint density at radius 3 is 2.96 bits per heavy atom. The number of hydrogen-bond acceptors (Lipinski definition) is 4. The van der Waals surface area contributed by atoms with E-state index in [9.17, 15) is 4.79 Å². The predicted molar refractivity (Wildman–Crippen MR) is 87.8 cm³/mol. The molecule has 0 aliphatic rings. The lowest BCUT2D eigenvalue weighted by Gasteiger charge is -2.08. The van der Waals surface area contributed by atoms with E-state index < -0.39 is 0 Å². The van der Waals surface area contributed by atoms with Gasteiger partial charge >= 0.3 is 0 Å². The third-order valence-electron chi connectivity index (χ3n) is 3.54. The number of aryl methyl sites for hydroxylation is 1. The van der Waals surface area contributed by atoms with Crippen LogP contribution in [0.1, 0.15) is 12.8 Å². The Hall–Kier alpha value is -2.89. The molecule has 2 heterocycles. The molecule has 3 aromatic rings. The largest absolute Gasteiger partial charge is 0.419 e. The molecule has 0 fully saturated rings. The van der Waals surface area contributed by atoms with Gasteiger partial charge in [-0.15, -0.1) is 16.8 Å². The average molecular weight is 310 g/mol. The highest BCUT2D eigenvalue weighted by Crippen LogP contribution is 2.27. The Labute approximate surface area is 133 Å². The van der Waals surface area contributed by atoms with Gasteiger partial charge in [0.1, 0.15) is 12.2 Å². The van der Waals surface area contributed by atoms with Crippen molar-refractivity contribution in [2.45, 2.75) is 19.9 Å². The molecule has 2 aromatic heterocycles. The molecule has 0 saturated heterocycles. The highest BCUT2D eigenvalue weighted by Gasteiger charge is 2.17. The summed E-state index contributed by atoms with van der Waals surface area (Å²) in [7, 11) is 0. The van der Waals surface area contributed by atoms with E-state index in [1.54, 1.807) is 6.08 Å². The summed E-state index contributed by atoms with van der Waals surface area (Å²) in [6, 6.07) is 9.82. The number of amides is 1. The van der Waals surface area contributed by atoms with Gasteiger partial charge in [-0.1, -0.05) is 31.2 Å².